The molecule has 1 aliphatic rings. The molecular weight excluding hydrogens is 263 g/mol. The van der Waals surface area contributed by atoms with Gasteiger partial charge in [0.15, 0.2) is 5.78 Å². The molecule has 0 aliphatic heterocycles. The molecule has 1 saturated carbocycles. The minimum Gasteiger partial charge on any atom is -0.298 e. The topological polar surface area (TPSA) is 84.0 Å². The monoisotopic (exact) mass is 276 g/mol. The molecular formula is C14H13FN2O3. The highest BCUT2D eigenvalue weighted by Crippen LogP contribution is 2.36. The van der Waals surface area contributed by atoms with Crippen molar-refractivity contribution in [1.29, 1.82) is 5.26 Å². The minimum atomic E-state index is -1.17. The number of carbonyl (C=O) groups is 1. The second kappa shape index (κ2) is 5.37. The van der Waals surface area contributed by atoms with Crippen molar-refractivity contribution < 1.29 is 14.1 Å². The van der Waals surface area contributed by atoms with E-state index in [0.29, 0.717) is 18.4 Å². The van der Waals surface area contributed by atoms with Crippen LogP contribution in [-0.4, -0.2) is 10.7 Å². The van der Waals surface area contributed by atoms with Crippen LogP contribution in [0.2, 0.25) is 0 Å². The number of hydrogen-bond donors (Lipinski definition) is 0. The number of nitro groups is 1. The van der Waals surface area contributed by atoms with Gasteiger partial charge in [0.25, 0.3) is 5.69 Å². The summed E-state index contributed by atoms with van der Waals surface area (Å²) in [6.07, 6.45) is 2.31. The zero-order chi connectivity index (χ0) is 14.8. The van der Waals surface area contributed by atoms with E-state index in [2.05, 4.69) is 0 Å². The number of benzene rings is 1. The lowest BCUT2D eigenvalue weighted by Crippen LogP contribution is -2.35. The number of carbonyl (C=O) groups excluding carboxylic acids is 1. The number of Topliss-reactive ketones (excluding diaryl/α,β-unsaturated/α-hetero) is 1. The molecule has 1 fully saturated rings. The molecule has 0 amide bonds. The maximum atomic E-state index is 13.4. The quantitative estimate of drug-likeness (QED) is 0.627. The molecule has 104 valence electrons. The van der Waals surface area contributed by atoms with Gasteiger partial charge in [-0.05, 0) is 30.9 Å². The summed E-state index contributed by atoms with van der Waals surface area (Å²) in [7, 11) is 0. The van der Waals surface area contributed by atoms with Crippen molar-refractivity contribution in [2.24, 2.45) is 5.41 Å². The number of non-ortho nitro benzene ring substituents is 1. The molecule has 1 aliphatic carbocycles. The molecule has 0 spiro atoms. The highest BCUT2D eigenvalue weighted by molar-refractivity contribution is 5.88. The predicted molar refractivity (Wildman–Crippen MR) is 68.3 cm³/mol. The van der Waals surface area contributed by atoms with Crippen LogP contribution in [0, 0.1) is 32.7 Å². The summed E-state index contributed by atoms with van der Waals surface area (Å²) in [5, 5.41) is 20.0. The molecule has 0 bridgehead atoms. The average Bonchev–Trinajstić information content (AvgIpc) is 2.41. The van der Waals surface area contributed by atoms with Crippen LogP contribution in [0.25, 0.3) is 0 Å². The largest absolute Gasteiger partial charge is 0.298 e. The van der Waals surface area contributed by atoms with Gasteiger partial charge in [0.2, 0.25) is 0 Å². The van der Waals surface area contributed by atoms with Crippen LogP contribution in [0.15, 0.2) is 18.2 Å². The molecule has 0 N–H and O–H groups in total. The molecule has 2 rings (SSSR count). The highest BCUT2D eigenvalue weighted by atomic mass is 19.1. The van der Waals surface area contributed by atoms with Crippen molar-refractivity contribution in [2.75, 3.05) is 0 Å². The molecule has 20 heavy (non-hydrogen) atoms. The van der Waals surface area contributed by atoms with Gasteiger partial charge in [-0.25, -0.2) is 4.39 Å². The summed E-state index contributed by atoms with van der Waals surface area (Å²) >= 11 is 0. The standard InChI is InChI=1S/C14H13FN2O3/c15-11-5-10(6-12(7-11)17(19)20)8-14(9-16)4-2-1-3-13(14)18/h5-7H,1-4,8H2. The van der Waals surface area contributed by atoms with Crippen LogP contribution in [0.4, 0.5) is 10.1 Å². The van der Waals surface area contributed by atoms with Crippen LogP contribution < -0.4 is 0 Å². The van der Waals surface area contributed by atoms with E-state index in [4.69, 9.17) is 0 Å². The summed E-state index contributed by atoms with van der Waals surface area (Å²) in [6, 6.07) is 5.24. The van der Waals surface area contributed by atoms with Crippen molar-refractivity contribution >= 4 is 11.5 Å². The first-order chi connectivity index (χ1) is 9.47. The van der Waals surface area contributed by atoms with E-state index >= 15 is 0 Å². The molecule has 1 unspecified atom stereocenters. The maximum absolute atomic E-state index is 13.4. The molecule has 1 aromatic rings. The van der Waals surface area contributed by atoms with E-state index in [1.807, 2.05) is 6.07 Å². The second-order valence-corrected chi connectivity index (χ2v) is 5.08. The molecule has 1 atom stereocenters. The van der Waals surface area contributed by atoms with Crippen molar-refractivity contribution in [3.05, 3.63) is 39.7 Å². The summed E-state index contributed by atoms with van der Waals surface area (Å²) in [5.74, 6) is -0.885. The molecule has 0 saturated heterocycles. The number of halogens is 1. The van der Waals surface area contributed by atoms with Gasteiger partial charge < -0.3 is 0 Å². The van der Waals surface area contributed by atoms with Crippen LogP contribution >= 0.6 is 0 Å². The molecule has 0 aromatic heterocycles. The fourth-order valence-electron chi connectivity index (χ4n) is 2.63. The number of nitriles is 1. The Balaban J connectivity index is 2.35. The molecule has 0 radical (unpaired) electrons. The van der Waals surface area contributed by atoms with E-state index in [1.165, 1.54) is 6.07 Å². The first-order valence-electron chi connectivity index (χ1n) is 6.35. The number of nitrogens with zero attached hydrogens (tertiary/aromatic N) is 2. The SMILES string of the molecule is N#CC1(Cc2cc(F)cc([N+](=O)[O-])c2)CCCCC1=O. The normalized spacial score (nSPS) is 22.3. The first kappa shape index (κ1) is 14.1. The van der Waals surface area contributed by atoms with Gasteiger partial charge in [0, 0.05) is 12.5 Å². The summed E-state index contributed by atoms with van der Waals surface area (Å²) in [4.78, 5) is 22.0. The molecule has 6 heteroatoms. The minimum absolute atomic E-state index is 0.0287. The molecule has 1 aromatic carbocycles. The lowest BCUT2D eigenvalue weighted by molar-refractivity contribution is -0.385. The van der Waals surface area contributed by atoms with Gasteiger partial charge in [0.1, 0.15) is 11.2 Å². The molecule has 0 heterocycles. The summed E-state index contributed by atoms with van der Waals surface area (Å²) < 4.78 is 13.4. The van der Waals surface area contributed by atoms with Crippen molar-refractivity contribution in [1.82, 2.24) is 0 Å². The summed E-state index contributed by atoms with van der Waals surface area (Å²) in [5.41, 5.74) is -1.22. The van der Waals surface area contributed by atoms with Gasteiger partial charge in [-0.1, -0.05) is 6.42 Å². The third-order valence-corrected chi connectivity index (χ3v) is 3.66. The second-order valence-electron chi connectivity index (χ2n) is 5.08. The summed E-state index contributed by atoms with van der Waals surface area (Å²) in [6.45, 7) is 0. The zero-order valence-corrected chi connectivity index (χ0v) is 10.8. The Morgan fingerprint density at radius 2 is 2.15 bits per heavy atom. The zero-order valence-electron chi connectivity index (χ0n) is 10.8. The Morgan fingerprint density at radius 3 is 2.75 bits per heavy atom. The van der Waals surface area contributed by atoms with E-state index < -0.39 is 16.2 Å². The Hall–Kier alpha value is -2.29. The van der Waals surface area contributed by atoms with Crippen LogP contribution in [0.3, 0.4) is 0 Å². The number of hydrogen-bond acceptors (Lipinski definition) is 4. The van der Waals surface area contributed by atoms with E-state index in [0.717, 1.165) is 25.0 Å². The van der Waals surface area contributed by atoms with Crippen LogP contribution in [0.5, 0.6) is 0 Å². The van der Waals surface area contributed by atoms with Gasteiger partial charge in [-0.2, -0.15) is 5.26 Å². The first-order valence-corrected chi connectivity index (χ1v) is 6.35. The third-order valence-electron chi connectivity index (χ3n) is 3.66. The predicted octanol–water partition coefficient (Wildman–Crippen LogP) is 2.93. The van der Waals surface area contributed by atoms with Crippen molar-refractivity contribution in [3.63, 3.8) is 0 Å². The van der Waals surface area contributed by atoms with Crippen LogP contribution in [-0.2, 0) is 11.2 Å². The van der Waals surface area contributed by atoms with E-state index in [1.54, 1.807) is 0 Å². The maximum Gasteiger partial charge on any atom is 0.272 e. The van der Waals surface area contributed by atoms with E-state index in [-0.39, 0.29) is 17.9 Å². The fourth-order valence-corrected chi connectivity index (χ4v) is 2.63. The Labute approximate surface area is 115 Å². The lowest BCUT2D eigenvalue weighted by Gasteiger charge is -2.29. The highest BCUT2D eigenvalue weighted by Gasteiger charge is 2.40. The van der Waals surface area contributed by atoms with Gasteiger partial charge in [-0.3, -0.25) is 14.9 Å². The van der Waals surface area contributed by atoms with Crippen molar-refractivity contribution in [3.8, 4) is 6.07 Å². The van der Waals surface area contributed by atoms with Crippen LogP contribution in [0.1, 0.15) is 31.2 Å². The Morgan fingerprint density at radius 1 is 1.40 bits per heavy atom. The number of nitro benzene ring substituents is 1. The lowest BCUT2D eigenvalue weighted by atomic mass is 9.70. The number of ketones is 1. The fraction of sp³-hybridized carbons (Fsp3) is 0.429. The molecule has 5 nitrogen and oxygen atoms in total. The smallest absolute Gasteiger partial charge is 0.272 e. The van der Waals surface area contributed by atoms with Crippen molar-refractivity contribution in [2.45, 2.75) is 32.1 Å². The van der Waals surface area contributed by atoms with Gasteiger partial charge in [0.05, 0.1) is 17.1 Å². The Kier molecular flexibility index (Phi) is 3.79. The Bertz CT molecular complexity index is 609. The van der Waals surface area contributed by atoms with Gasteiger partial charge >= 0.3 is 0 Å². The van der Waals surface area contributed by atoms with Gasteiger partial charge in [-0.15, -0.1) is 0 Å². The third kappa shape index (κ3) is 2.67. The van der Waals surface area contributed by atoms with E-state index in [9.17, 15) is 24.6 Å². The number of rotatable bonds is 3. The average molecular weight is 276 g/mol.